The van der Waals surface area contributed by atoms with Gasteiger partial charge in [-0.1, -0.05) is 35.2 Å². The highest BCUT2D eigenvalue weighted by Gasteiger charge is 2.22. The molecule has 3 aromatic rings. The Bertz CT molecular complexity index is 1250. The van der Waals surface area contributed by atoms with Gasteiger partial charge in [0.25, 0.3) is 5.56 Å². The number of benzene rings is 2. The summed E-state index contributed by atoms with van der Waals surface area (Å²) in [7, 11) is 0. The lowest BCUT2D eigenvalue weighted by Gasteiger charge is -2.22. The third-order valence-electron chi connectivity index (χ3n) is 5.94. The van der Waals surface area contributed by atoms with Crippen LogP contribution in [0.15, 0.2) is 56.8 Å². The van der Waals surface area contributed by atoms with E-state index in [1.54, 1.807) is 38.3 Å². The smallest absolute Gasteiger partial charge is 0.347 e. The lowest BCUT2D eigenvalue weighted by molar-refractivity contribution is -0.150. The van der Waals surface area contributed by atoms with Crippen LogP contribution in [0.3, 0.4) is 0 Å². The number of fused-ring (bicyclic) bond motifs is 1. The Hall–Kier alpha value is -3.00. The number of carbonyl (C=O) groups is 1. The number of hydrogen-bond donors (Lipinski definition) is 0. The van der Waals surface area contributed by atoms with Crippen molar-refractivity contribution in [1.82, 2.24) is 9.66 Å². The Balaban J connectivity index is 1.62. The van der Waals surface area contributed by atoms with Crippen molar-refractivity contribution in [3.05, 3.63) is 68.7 Å². The highest BCUT2D eigenvalue weighted by Crippen LogP contribution is 2.32. The second-order valence-electron chi connectivity index (χ2n) is 8.41. The van der Waals surface area contributed by atoms with Crippen LogP contribution in [-0.4, -0.2) is 34.6 Å². The van der Waals surface area contributed by atoms with E-state index in [4.69, 9.17) is 14.5 Å². The van der Waals surface area contributed by atoms with Crippen LogP contribution in [0.25, 0.3) is 10.9 Å². The molecule has 2 aromatic carbocycles. The zero-order valence-electron chi connectivity index (χ0n) is 19.4. The zero-order valence-corrected chi connectivity index (χ0v) is 21.0. The summed E-state index contributed by atoms with van der Waals surface area (Å²) in [5.74, 6) is 1.08. The van der Waals surface area contributed by atoms with Crippen LogP contribution < -0.4 is 10.3 Å². The molecule has 8 heteroatoms. The Labute approximate surface area is 206 Å². The zero-order chi connectivity index (χ0) is 24.1. The second kappa shape index (κ2) is 11.0. The van der Waals surface area contributed by atoms with Crippen molar-refractivity contribution in [1.29, 1.82) is 0 Å². The fourth-order valence-electron chi connectivity index (χ4n) is 4.17. The van der Waals surface area contributed by atoms with E-state index in [9.17, 15) is 9.59 Å². The molecule has 1 saturated carbocycles. The number of aromatic nitrogens is 2. The summed E-state index contributed by atoms with van der Waals surface area (Å²) >= 11 is 3.45. The van der Waals surface area contributed by atoms with Crippen molar-refractivity contribution < 1.29 is 14.3 Å². The minimum atomic E-state index is -0.695. The number of hydrogen-bond acceptors (Lipinski definition) is 6. The minimum Gasteiger partial charge on any atom is -0.479 e. The van der Waals surface area contributed by atoms with Crippen molar-refractivity contribution in [3.8, 4) is 5.75 Å². The van der Waals surface area contributed by atoms with Crippen LogP contribution in [0, 0.1) is 0 Å². The van der Waals surface area contributed by atoms with Gasteiger partial charge in [-0.05, 0) is 74.7 Å². The molecule has 34 heavy (non-hydrogen) atoms. The highest BCUT2D eigenvalue weighted by atomic mass is 79.9. The van der Waals surface area contributed by atoms with Crippen LogP contribution in [0.4, 0.5) is 0 Å². The molecule has 1 aliphatic rings. The van der Waals surface area contributed by atoms with Gasteiger partial charge >= 0.3 is 5.97 Å². The SMILES string of the molecule is CCOC(=O)[C@@H](C)Oc1ccc(C=Nn2c(C3CCCCC3)nc3ccc(Br)cc3c2=O)cc1. The number of nitrogens with zero attached hydrogens (tertiary/aromatic N) is 3. The van der Waals surface area contributed by atoms with Crippen LogP contribution in [-0.2, 0) is 9.53 Å². The van der Waals surface area contributed by atoms with Gasteiger partial charge in [0.1, 0.15) is 11.6 Å². The Morgan fingerprint density at radius 2 is 1.94 bits per heavy atom. The van der Waals surface area contributed by atoms with Gasteiger partial charge in [-0.3, -0.25) is 4.79 Å². The van der Waals surface area contributed by atoms with E-state index in [0.717, 1.165) is 41.5 Å². The van der Waals surface area contributed by atoms with E-state index in [1.807, 2.05) is 24.3 Å². The van der Waals surface area contributed by atoms with Crippen LogP contribution in [0.2, 0.25) is 0 Å². The molecule has 0 bridgehead atoms. The Morgan fingerprint density at radius 3 is 2.65 bits per heavy atom. The molecule has 0 saturated heterocycles. The number of esters is 1. The predicted molar refractivity (Wildman–Crippen MR) is 136 cm³/mol. The van der Waals surface area contributed by atoms with Crippen LogP contribution in [0.1, 0.15) is 63.3 Å². The predicted octanol–water partition coefficient (Wildman–Crippen LogP) is 5.42. The fraction of sp³-hybridized carbons (Fsp3) is 0.385. The molecule has 7 nitrogen and oxygen atoms in total. The van der Waals surface area contributed by atoms with E-state index in [0.29, 0.717) is 23.3 Å². The Morgan fingerprint density at radius 1 is 1.21 bits per heavy atom. The molecule has 4 rings (SSSR count). The molecule has 1 fully saturated rings. The number of ether oxygens (including phenoxy) is 2. The van der Waals surface area contributed by atoms with E-state index in [1.165, 1.54) is 11.1 Å². The molecule has 0 unspecified atom stereocenters. The van der Waals surface area contributed by atoms with Gasteiger partial charge in [-0.25, -0.2) is 9.78 Å². The van der Waals surface area contributed by atoms with E-state index < -0.39 is 12.1 Å². The molecular formula is C26H28BrN3O4. The molecule has 1 heterocycles. The molecule has 0 aliphatic heterocycles. The third kappa shape index (κ3) is 5.55. The van der Waals surface area contributed by atoms with Gasteiger partial charge in [0, 0.05) is 10.4 Å². The summed E-state index contributed by atoms with van der Waals surface area (Å²) in [4.78, 5) is 30.0. The summed E-state index contributed by atoms with van der Waals surface area (Å²) in [6, 6.07) is 12.7. The lowest BCUT2D eigenvalue weighted by Crippen LogP contribution is -2.26. The van der Waals surface area contributed by atoms with E-state index in [2.05, 4.69) is 21.0 Å². The summed E-state index contributed by atoms with van der Waals surface area (Å²) < 4.78 is 12.9. The molecule has 0 amide bonds. The molecule has 178 valence electrons. The van der Waals surface area contributed by atoms with Crippen molar-refractivity contribution in [2.24, 2.45) is 5.10 Å². The average Bonchev–Trinajstić information content (AvgIpc) is 2.85. The number of rotatable bonds is 7. The minimum absolute atomic E-state index is 0.175. The van der Waals surface area contributed by atoms with Crippen molar-refractivity contribution >= 4 is 39.0 Å². The molecule has 1 aliphatic carbocycles. The topological polar surface area (TPSA) is 82.8 Å². The van der Waals surface area contributed by atoms with E-state index >= 15 is 0 Å². The van der Waals surface area contributed by atoms with Gasteiger partial charge in [0.05, 0.1) is 23.7 Å². The highest BCUT2D eigenvalue weighted by molar-refractivity contribution is 9.10. The first-order valence-corrected chi connectivity index (χ1v) is 12.5. The maximum atomic E-state index is 13.4. The number of carbonyl (C=O) groups excluding carboxylic acids is 1. The molecule has 1 aromatic heterocycles. The summed E-state index contributed by atoms with van der Waals surface area (Å²) in [6.07, 6.45) is 6.46. The van der Waals surface area contributed by atoms with E-state index in [-0.39, 0.29) is 11.5 Å². The monoisotopic (exact) mass is 525 g/mol. The van der Waals surface area contributed by atoms with Crippen LogP contribution >= 0.6 is 15.9 Å². The molecule has 0 N–H and O–H groups in total. The van der Waals surface area contributed by atoms with Crippen molar-refractivity contribution in [2.45, 2.75) is 58.0 Å². The lowest BCUT2D eigenvalue weighted by atomic mass is 9.88. The van der Waals surface area contributed by atoms with Crippen molar-refractivity contribution in [2.75, 3.05) is 6.61 Å². The fourth-order valence-corrected chi connectivity index (χ4v) is 4.53. The van der Waals surface area contributed by atoms with Gasteiger partial charge in [-0.2, -0.15) is 9.78 Å². The Kier molecular flexibility index (Phi) is 7.77. The maximum absolute atomic E-state index is 13.4. The van der Waals surface area contributed by atoms with Crippen molar-refractivity contribution in [3.63, 3.8) is 0 Å². The van der Waals surface area contributed by atoms with Gasteiger partial charge in [0.15, 0.2) is 6.10 Å². The summed E-state index contributed by atoms with van der Waals surface area (Å²) in [5.41, 5.74) is 1.32. The third-order valence-corrected chi connectivity index (χ3v) is 6.43. The normalized spacial score (nSPS) is 15.5. The molecule has 0 radical (unpaired) electrons. The maximum Gasteiger partial charge on any atom is 0.347 e. The van der Waals surface area contributed by atoms with Gasteiger partial charge in [0.2, 0.25) is 0 Å². The molecule has 1 atom stereocenters. The van der Waals surface area contributed by atoms with Gasteiger partial charge < -0.3 is 9.47 Å². The van der Waals surface area contributed by atoms with Gasteiger partial charge in [-0.15, -0.1) is 0 Å². The first-order chi connectivity index (χ1) is 16.5. The summed E-state index contributed by atoms with van der Waals surface area (Å²) in [5, 5.41) is 5.09. The first-order valence-electron chi connectivity index (χ1n) is 11.7. The first kappa shape index (κ1) is 24.1. The second-order valence-corrected chi connectivity index (χ2v) is 9.32. The molecular weight excluding hydrogens is 498 g/mol. The number of halogens is 1. The largest absolute Gasteiger partial charge is 0.479 e. The summed E-state index contributed by atoms with van der Waals surface area (Å²) in [6.45, 7) is 3.72. The average molecular weight is 526 g/mol. The quantitative estimate of drug-likeness (QED) is 0.303. The standard InChI is InChI=1S/C26H28BrN3O4/c1-3-33-26(32)17(2)34-21-12-9-18(10-13-21)16-28-30-24(19-7-5-4-6-8-19)29-23-14-11-20(27)15-22(23)25(30)31/h9-17,19H,3-8H2,1-2H3/t17-/m1/s1. The molecule has 0 spiro atoms. The van der Waals surface area contributed by atoms with Crippen LogP contribution in [0.5, 0.6) is 5.75 Å².